The van der Waals surface area contributed by atoms with Gasteiger partial charge in [-0.2, -0.15) is 5.10 Å². The van der Waals surface area contributed by atoms with Gasteiger partial charge in [-0.15, -0.1) is 0 Å². The number of halogens is 3. The SMILES string of the molecule is C/C=N\NC1=Nc2c(cc(Br)c(F)c2Cl)CC1. The van der Waals surface area contributed by atoms with E-state index in [2.05, 4.69) is 31.4 Å². The van der Waals surface area contributed by atoms with E-state index in [0.29, 0.717) is 16.0 Å². The van der Waals surface area contributed by atoms with Gasteiger partial charge in [-0.3, -0.25) is 5.43 Å². The molecule has 0 unspecified atom stereocenters. The normalized spacial score (nSPS) is 14.7. The Morgan fingerprint density at radius 1 is 1.59 bits per heavy atom. The first-order chi connectivity index (χ1) is 8.13. The summed E-state index contributed by atoms with van der Waals surface area (Å²) in [7, 11) is 0. The van der Waals surface area contributed by atoms with E-state index < -0.39 is 5.82 Å². The average Bonchev–Trinajstić information content (AvgIpc) is 2.34. The number of hydrogen-bond donors (Lipinski definition) is 1. The molecular formula is C11H10BrClFN3. The summed E-state index contributed by atoms with van der Waals surface area (Å²) in [6.07, 6.45) is 3.12. The highest BCUT2D eigenvalue weighted by atomic mass is 79.9. The third-order valence-electron chi connectivity index (χ3n) is 2.42. The Hall–Kier alpha value is -0.940. The molecule has 0 radical (unpaired) electrons. The third kappa shape index (κ3) is 2.50. The third-order valence-corrected chi connectivity index (χ3v) is 3.34. The number of amidine groups is 1. The van der Waals surface area contributed by atoms with Crippen molar-refractivity contribution in [1.82, 2.24) is 5.43 Å². The van der Waals surface area contributed by atoms with E-state index in [0.717, 1.165) is 18.4 Å². The quantitative estimate of drug-likeness (QED) is 0.477. The second kappa shape index (κ2) is 5.14. The maximum Gasteiger partial charge on any atom is 0.158 e. The first kappa shape index (κ1) is 12.5. The number of hydrazone groups is 1. The zero-order valence-corrected chi connectivity index (χ0v) is 11.4. The maximum atomic E-state index is 13.6. The van der Waals surface area contributed by atoms with E-state index in [1.54, 1.807) is 19.2 Å². The number of aryl methyl sites for hydroxylation is 1. The number of benzene rings is 1. The Bertz CT molecular complexity index is 514. The van der Waals surface area contributed by atoms with Crippen LogP contribution >= 0.6 is 27.5 Å². The van der Waals surface area contributed by atoms with Gasteiger partial charge in [0.2, 0.25) is 0 Å². The highest BCUT2D eigenvalue weighted by Crippen LogP contribution is 2.38. The van der Waals surface area contributed by atoms with Gasteiger partial charge >= 0.3 is 0 Å². The molecule has 0 aliphatic carbocycles. The Morgan fingerprint density at radius 3 is 3.06 bits per heavy atom. The van der Waals surface area contributed by atoms with E-state index >= 15 is 0 Å². The van der Waals surface area contributed by atoms with Crippen molar-refractivity contribution in [2.45, 2.75) is 19.8 Å². The molecule has 0 amide bonds. The monoisotopic (exact) mass is 317 g/mol. The Kier molecular flexibility index (Phi) is 3.79. The van der Waals surface area contributed by atoms with Crippen molar-refractivity contribution in [2.24, 2.45) is 10.1 Å². The Labute approximate surface area is 112 Å². The molecule has 0 spiro atoms. The van der Waals surface area contributed by atoms with E-state index in [9.17, 15) is 4.39 Å². The van der Waals surface area contributed by atoms with Crippen molar-refractivity contribution in [3.8, 4) is 0 Å². The summed E-state index contributed by atoms with van der Waals surface area (Å²) < 4.78 is 14.0. The van der Waals surface area contributed by atoms with Crippen LogP contribution < -0.4 is 5.43 Å². The fourth-order valence-electron chi connectivity index (χ4n) is 1.61. The number of rotatable bonds is 1. The fraction of sp³-hybridized carbons (Fsp3) is 0.273. The second-order valence-corrected chi connectivity index (χ2v) is 4.78. The summed E-state index contributed by atoms with van der Waals surface area (Å²) in [5.41, 5.74) is 4.23. The molecule has 0 aromatic heterocycles. The van der Waals surface area contributed by atoms with E-state index in [4.69, 9.17) is 11.6 Å². The van der Waals surface area contributed by atoms with Crippen LogP contribution in [0.5, 0.6) is 0 Å². The van der Waals surface area contributed by atoms with Gasteiger partial charge < -0.3 is 0 Å². The van der Waals surface area contributed by atoms with Gasteiger partial charge in [0.25, 0.3) is 0 Å². The predicted octanol–water partition coefficient (Wildman–Crippen LogP) is 3.81. The lowest BCUT2D eigenvalue weighted by Crippen LogP contribution is -2.20. The summed E-state index contributed by atoms with van der Waals surface area (Å²) in [5, 5.41) is 3.94. The molecule has 3 nitrogen and oxygen atoms in total. The van der Waals surface area contributed by atoms with Crippen LogP contribution in [0.15, 0.2) is 20.6 Å². The van der Waals surface area contributed by atoms with Crippen molar-refractivity contribution in [1.29, 1.82) is 0 Å². The predicted molar refractivity (Wildman–Crippen MR) is 71.8 cm³/mol. The van der Waals surface area contributed by atoms with Gasteiger partial charge in [-0.1, -0.05) is 11.6 Å². The van der Waals surface area contributed by atoms with E-state index in [-0.39, 0.29) is 5.02 Å². The molecule has 6 heteroatoms. The van der Waals surface area contributed by atoms with Crippen molar-refractivity contribution in [3.63, 3.8) is 0 Å². The van der Waals surface area contributed by atoms with Crippen molar-refractivity contribution in [2.75, 3.05) is 0 Å². The molecule has 1 aliphatic rings. The average molecular weight is 319 g/mol. The van der Waals surface area contributed by atoms with Gasteiger partial charge in [-0.25, -0.2) is 9.38 Å². The fourth-order valence-corrected chi connectivity index (χ4v) is 2.46. The number of nitrogens with one attached hydrogen (secondary N) is 1. The van der Waals surface area contributed by atoms with Crippen LogP contribution in [-0.4, -0.2) is 12.1 Å². The van der Waals surface area contributed by atoms with Crippen LogP contribution in [0.4, 0.5) is 10.1 Å². The zero-order chi connectivity index (χ0) is 12.4. The summed E-state index contributed by atoms with van der Waals surface area (Å²) in [5.74, 6) is 0.216. The van der Waals surface area contributed by atoms with Gasteiger partial charge in [0.05, 0.1) is 10.2 Å². The van der Waals surface area contributed by atoms with Gasteiger partial charge in [-0.05, 0) is 40.9 Å². The molecule has 90 valence electrons. The molecule has 1 aliphatic heterocycles. The zero-order valence-electron chi connectivity index (χ0n) is 9.10. The van der Waals surface area contributed by atoms with Crippen LogP contribution in [0.3, 0.4) is 0 Å². The molecule has 0 bridgehead atoms. The van der Waals surface area contributed by atoms with Gasteiger partial charge in [0.15, 0.2) is 5.82 Å². The van der Waals surface area contributed by atoms with Crippen molar-refractivity contribution < 1.29 is 4.39 Å². The van der Waals surface area contributed by atoms with E-state index in [1.807, 2.05) is 0 Å². The highest BCUT2D eigenvalue weighted by Gasteiger charge is 2.19. The summed E-state index contributed by atoms with van der Waals surface area (Å²) >= 11 is 9.07. The minimum Gasteiger partial charge on any atom is -0.265 e. The van der Waals surface area contributed by atoms with Gasteiger partial charge in [0.1, 0.15) is 10.9 Å². The lowest BCUT2D eigenvalue weighted by molar-refractivity contribution is 0.620. The minimum absolute atomic E-state index is 0.0499. The van der Waals surface area contributed by atoms with E-state index in [1.165, 1.54) is 0 Å². The summed E-state index contributed by atoms with van der Waals surface area (Å²) in [4.78, 5) is 4.28. The van der Waals surface area contributed by atoms with Crippen LogP contribution in [-0.2, 0) is 6.42 Å². The van der Waals surface area contributed by atoms with Crippen molar-refractivity contribution in [3.05, 3.63) is 26.9 Å². The van der Waals surface area contributed by atoms with Crippen LogP contribution in [0.1, 0.15) is 18.9 Å². The first-order valence-corrected chi connectivity index (χ1v) is 6.28. The lowest BCUT2D eigenvalue weighted by atomic mass is 10.0. The minimum atomic E-state index is -0.477. The molecule has 1 heterocycles. The molecule has 1 N–H and O–H groups in total. The molecular weight excluding hydrogens is 308 g/mol. The lowest BCUT2D eigenvalue weighted by Gasteiger charge is -2.16. The molecule has 0 atom stereocenters. The Morgan fingerprint density at radius 2 is 2.35 bits per heavy atom. The molecule has 0 saturated carbocycles. The summed E-state index contributed by atoms with van der Waals surface area (Å²) in [6.45, 7) is 1.80. The molecule has 17 heavy (non-hydrogen) atoms. The maximum absolute atomic E-state index is 13.6. The number of nitrogens with zero attached hydrogens (tertiary/aromatic N) is 2. The number of aliphatic imine (C=N–C) groups is 1. The van der Waals surface area contributed by atoms with Crippen LogP contribution in [0.2, 0.25) is 5.02 Å². The standard InChI is InChI=1S/C11H10BrClFN3/c1-2-15-17-8-4-3-6-5-7(12)10(14)9(13)11(6)16-8/h2,5H,3-4H2,1H3,(H,16,17)/b15-2-. The molecule has 0 fully saturated rings. The van der Waals surface area contributed by atoms with Crippen LogP contribution in [0.25, 0.3) is 0 Å². The molecule has 2 rings (SSSR count). The topological polar surface area (TPSA) is 36.8 Å². The second-order valence-electron chi connectivity index (χ2n) is 3.55. The van der Waals surface area contributed by atoms with Crippen LogP contribution in [0, 0.1) is 5.82 Å². The summed E-state index contributed by atoms with van der Waals surface area (Å²) in [6, 6.07) is 1.72. The first-order valence-electron chi connectivity index (χ1n) is 5.11. The Balaban J connectivity index is 2.43. The smallest absolute Gasteiger partial charge is 0.158 e. The largest absolute Gasteiger partial charge is 0.265 e. The molecule has 0 saturated heterocycles. The number of fused-ring (bicyclic) bond motifs is 1. The van der Waals surface area contributed by atoms with Crippen molar-refractivity contribution >= 4 is 45.3 Å². The molecule has 1 aromatic carbocycles. The highest BCUT2D eigenvalue weighted by molar-refractivity contribution is 9.10. The van der Waals surface area contributed by atoms with Gasteiger partial charge in [0, 0.05) is 12.6 Å². The number of hydrogen-bond acceptors (Lipinski definition) is 3. The molecule has 1 aromatic rings.